The lowest BCUT2D eigenvalue weighted by atomic mass is 9.84. The quantitative estimate of drug-likeness (QED) is 0.444. The summed E-state index contributed by atoms with van der Waals surface area (Å²) in [6, 6.07) is 15.2. The van der Waals surface area contributed by atoms with Crippen molar-refractivity contribution in [1.29, 1.82) is 5.26 Å². The Morgan fingerprint density at radius 3 is 2.54 bits per heavy atom. The molecule has 1 heterocycles. The Kier molecular flexibility index (Phi) is 3.51. The fourth-order valence-electron chi connectivity index (χ4n) is 3.31. The van der Waals surface area contributed by atoms with Gasteiger partial charge in [0.05, 0.1) is 11.6 Å². The Balaban J connectivity index is 1.66. The lowest BCUT2D eigenvalue weighted by Crippen LogP contribution is -2.43. The lowest BCUT2D eigenvalue weighted by Gasteiger charge is -2.21. The van der Waals surface area contributed by atoms with E-state index in [1.807, 2.05) is 30.3 Å². The van der Waals surface area contributed by atoms with Gasteiger partial charge in [-0.3, -0.25) is 9.59 Å². The van der Waals surface area contributed by atoms with Crippen LogP contribution in [-0.2, 0) is 22.4 Å². The van der Waals surface area contributed by atoms with Crippen molar-refractivity contribution in [2.75, 3.05) is 0 Å². The largest absolute Gasteiger partial charge is 0.480 e. The number of carboxylic acids is 1. The minimum absolute atomic E-state index is 0.0177. The van der Waals surface area contributed by atoms with Crippen molar-refractivity contribution < 1.29 is 23.8 Å². The summed E-state index contributed by atoms with van der Waals surface area (Å²) in [6.45, 7) is 0. The molecule has 0 amide bonds. The third kappa shape index (κ3) is 2.33. The average Bonchev–Trinajstić information content (AvgIpc) is 3.18. The van der Waals surface area contributed by atoms with E-state index in [-0.39, 0.29) is 18.6 Å². The first-order valence-corrected chi connectivity index (χ1v) is 7.98. The topological polar surface area (TPSA) is 101 Å². The number of ether oxygens (including phenoxy) is 1. The van der Waals surface area contributed by atoms with Crippen LogP contribution in [0.3, 0.4) is 0 Å². The van der Waals surface area contributed by atoms with Gasteiger partial charge in [0.2, 0.25) is 0 Å². The van der Waals surface area contributed by atoms with Crippen LogP contribution in [0.1, 0.15) is 16.9 Å². The van der Waals surface area contributed by atoms with Crippen LogP contribution in [0.2, 0.25) is 0 Å². The molecule has 1 N–H and O–H groups in total. The number of para-hydroxylation sites is 1. The average molecular weight is 347 g/mol. The number of furan rings is 1. The standard InChI is InChI=1S/C20H13NO5/c21-11-12-5-7-13(8-6-12)25-19(24)20(18(22)23)9-15-14-3-1-2-4-16(14)26-17(15)10-20/h1-8H,9-10H2,(H,22,23). The van der Waals surface area contributed by atoms with Gasteiger partial charge in [0.1, 0.15) is 17.1 Å². The number of benzene rings is 2. The number of fused-ring (bicyclic) bond motifs is 3. The molecule has 1 atom stereocenters. The Bertz CT molecular complexity index is 1070. The summed E-state index contributed by atoms with van der Waals surface area (Å²) in [5.74, 6) is -1.38. The number of nitrogens with zero attached hydrogens (tertiary/aromatic N) is 1. The normalized spacial score (nSPS) is 18.3. The minimum atomic E-state index is -1.72. The molecule has 0 aliphatic heterocycles. The van der Waals surface area contributed by atoms with Gasteiger partial charge >= 0.3 is 11.9 Å². The van der Waals surface area contributed by atoms with Crippen LogP contribution < -0.4 is 4.74 Å². The van der Waals surface area contributed by atoms with Crippen molar-refractivity contribution >= 4 is 22.9 Å². The number of nitriles is 1. The second-order valence-corrected chi connectivity index (χ2v) is 6.27. The predicted molar refractivity (Wildman–Crippen MR) is 90.5 cm³/mol. The van der Waals surface area contributed by atoms with E-state index in [4.69, 9.17) is 14.4 Å². The zero-order chi connectivity index (χ0) is 18.3. The second kappa shape index (κ2) is 5.74. The molecular formula is C20H13NO5. The summed E-state index contributed by atoms with van der Waals surface area (Å²) in [5, 5.41) is 19.4. The van der Waals surface area contributed by atoms with E-state index in [0.29, 0.717) is 16.9 Å². The van der Waals surface area contributed by atoms with Crippen molar-refractivity contribution in [3.8, 4) is 11.8 Å². The van der Waals surface area contributed by atoms with Gasteiger partial charge in [-0.1, -0.05) is 18.2 Å². The van der Waals surface area contributed by atoms with E-state index in [2.05, 4.69) is 0 Å². The van der Waals surface area contributed by atoms with E-state index in [1.165, 1.54) is 24.3 Å². The molecule has 1 aromatic heterocycles. The summed E-state index contributed by atoms with van der Waals surface area (Å²) in [4.78, 5) is 24.7. The fraction of sp³-hybridized carbons (Fsp3) is 0.150. The number of aliphatic carboxylic acids is 1. The maximum atomic E-state index is 12.7. The highest BCUT2D eigenvalue weighted by atomic mass is 16.5. The Morgan fingerprint density at radius 1 is 1.12 bits per heavy atom. The van der Waals surface area contributed by atoms with Crippen LogP contribution in [0.4, 0.5) is 0 Å². The van der Waals surface area contributed by atoms with Gasteiger partial charge in [-0.05, 0) is 30.3 Å². The lowest BCUT2D eigenvalue weighted by molar-refractivity contribution is -0.162. The van der Waals surface area contributed by atoms with Gasteiger partial charge < -0.3 is 14.3 Å². The third-order valence-corrected chi connectivity index (χ3v) is 4.72. The molecule has 1 aliphatic carbocycles. The number of hydrogen-bond donors (Lipinski definition) is 1. The van der Waals surface area contributed by atoms with E-state index in [1.54, 1.807) is 0 Å². The van der Waals surface area contributed by atoms with Crippen LogP contribution in [0.15, 0.2) is 52.9 Å². The molecule has 128 valence electrons. The summed E-state index contributed by atoms with van der Waals surface area (Å²) in [7, 11) is 0. The Labute approximate surface area is 148 Å². The molecule has 26 heavy (non-hydrogen) atoms. The van der Waals surface area contributed by atoms with E-state index < -0.39 is 17.4 Å². The van der Waals surface area contributed by atoms with Gasteiger partial charge in [-0.25, -0.2) is 0 Å². The van der Waals surface area contributed by atoms with Gasteiger partial charge in [-0.2, -0.15) is 5.26 Å². The van der Waals surface area contributed by atoms with Gasteiger partial charge in [0.25, 0.3) is 0 Å². The maximum Gasteiger partial charge on any atom is 0.329 e. The number of carbonyl (C=O) groups is 2. The minimum Gasteiger partial charge on any atom is -0.480 e. The molecule has 0 spiro atoms. The molecule has 0 radical (unpaired) electrons. The third-order valence-electron chi connectivity index (χ3n) is 4.72. The zero-order valence-corrected chi connectivity index (χ0v) is 13.6. The highest BCUT2D eigenvalue weighted by Crippen LogP contribution is 2.43. The molecule has 0 bridgehead atoms. The van der Waals surface area contributed by atoms with Crippen molar-refractivity contribution in [3.63, 3.8) is 0 Å². The molecule has 0 fully saturated rings. The smallest absolute Gasteiger partial charge is 0.329 e. The Hall–Kier alpha value is -3.59. The van der Waals surface area contributed by atoms with Crippen LogP contribution in [0.5, 0.6) is 5.75 Å². The molecule has 3 aromatic rings. The first kappa shape index (κ1) is 15.9. The van der Waals surface area contributed by atoms with Crippen molar-refractivity contribution in [2.24, 2.45) is 5.41 Å². The maximum absolute atomic E-state index is 12.7. The van der Waals surface area contributed by atoms with Crippen LogP contribution in [0, 0.1) is 16.7 Å². The van der Waals surface area contributed by atoms with Gasteiger partial charge in [-0.15, -0.1) is 0 Å². The fourth-order valence-corrected chi connectivity index (χ4v) is 3.31. The van der Waals surface area contributed by atoms with E-state index in [0.717, 1.165) is 10.9 Å². The summed E-state index contributed by atoms with van der Waals surface area (Å²) >= 11 is 0. The van der Waals surface area contributed by atoms with Crippen LogP contribution in [0.25, 0.3) is 11.0 Å². The molecule has 4 rings (SSSR count). The van der Waals surface area contributed by atoms with Crippen molar-refractivity contribution in [3.05, 3.63) is 65.4 Å². The second-order valence-electron chi connectivity index (χ2n) is 6.27. The predicted octanol–water partition coefficient (Wildman–Crippen LogP) is 3.08. The van der Waals surface area contributed by atoms with Gasteiger partial charge in [0.15, 0.2) is 5.41 Å². The summed E-state index contributed by atoms with van der Waals surface area (Å²) in [6.07, 6.45) is -0.0365. The number of carboxylic acid groups (broad SMARTS) is 1. The number of carbonyl (C=O) groups excluding carboxylic acids is 1. The SMILES string of the molecule is N#Cc1ccc(OC(=O)C2(C(=O)O)Cc3oc4ccccc4c3C2)cc1. The molecular weight excluding hydrogens is 334 g/mol. The van der Waals surface area contributed by atoms with Crippen molar-refractivity contribution in [2.45, 2.75) is 12.8 Å². The Morgan fingerprint density at radius 2 is 1.85 bits per heavy atom. The zero-order valence-electron chi connectivity index (χ0n) is 13.6. The summed E-state index contributed by atoms with van der Waals surface area (Å²) in [5.41, 5.74) is 0.118. The molecule has 6 heteroatoms. The van der Waals surface area contributed by atoms with E-state index >= 15 is 0 Å². The molecule has 1 unspecified atom stereocenters. The highest BCUT2D eigenvalue weighted by Gasteiger charge is 2.54. The highest BCUT2D eigenvalue weighted by molar-refractivity contribution is 6.02. The van der Waals surface area contributed by atoms with Crippen LogP contribution >= 0.6 is 0 Å². The molecule has 0 saturated heterocycles. The molecule has 1 aliphatic rings. The number of rotatable bonds is 3. The first-order valence-electron chi connectivity index (χ1n) is 7.98. The van der Waals surface area contributed by atoms with E-state index in [9.17, 15) is 14.7 Å². The molecule has 0 saturated carbocycles. The molecule has 6 nitrogen and oxygen atoms in total. The summed E-state index contributed by atoms with van der Waals surface area (Å²) < 4.78 is 11.0. The number of hydrogen-bond acceptors (Lipinski definition) is 5. The van der Waals surface area contributed by atoms with Crippen molar-refractivity contribution in [1.82, 2.24) is 0 Å². The number of esters is 1. The first-order chi connectivity index (χ1) is 12.5. The van der Waals surface area contributed by atoms with Gasteiger partial charge in [0, 0.05) is 23.8 Å². The van der Waals surface area contributed by atoms with Crippen LogP contribution in [-0.4, -0.2) is 17.0 Å². The molecule has 2 aromatic carbocycles. The monoisotopic (exact) mass is 347 g/mol.